The zero-order valence-corrected chi connectivity index (χ0v) is 9.79. The first kappa shape index (κ1) is 11.6. The molecule has 2 nitrogen and oxygen atoms in total. The molecule has 84 valence electrons. The number of nitriles is 1. The van der Waals surface area contributed by atoms with E-state index in [-0.39, 0.29) is 11.0 Å². The van der Waals surface area contributed by atoms with Crippen LogP contribution in [0.25, 0.3) is 11.3 Å². The molecule has 0 saturated heterocycles. The normalized spacial score (nSPS) is 10.0. The number of hydrogen-bond donors (Lipinski definition) is 0. The number of rotatable bonds is 1. The number of aromatic nitrogens is 1. The lowest BCUT2D eigenvalue weighted by Crippen LogP contribution is -1.89. The highest BCUT2D eigenvalue weighted by molar-refractivity contribution is 6.30. The van der Waals surface area contributed by atoms with Crippen molar-refractivity contribution in [3.05, 3.63) is 52.4 Å². The molecule has 0 amide bonds. The Morgan fingerprint density at radius 2 is 2.06 bits per heavy atom. The van der Waals surface area contributed by atoms with E-state index in [2.05, 4.69) is 4.98 Å². The van der Waals surface area contributed by atoms with Crippen LogP contribution in [0.3, 0.4) is 0 Å². The zero-order chi connectivity index (χ0) is 12.4. The van der Waals surface area contributed by atoms with Crippen LogP contribution in [0.4, 0.5) is 4.39 Å². The highest BCUT2D eigenvalue weighted by Gasteiger charge is 2.06. The van der Waals surface area contributed by atoms with Gasteiger partial charge in [-0.3, -0.25) is 0 Å². The van der Waals surface area contributed by atoms with Gasteiger partial charge in [-0.15, -0.1) is 0 Å². The second-order valence-corrected chi connectivity index (χ2v) is 3.97. The summed E-state index contributed by atoms with van der Waals surface area (Å²) in [6.07, 6.45) is 0. The van der Waals surface area contributed by atoms with E-state index in [0.29, 0.717) is 16.8 Å². The summed E-state index contributed by atoms with van der Waals surface area (Å²) in [7, 11) is 0. The summed E-state index contributed by atoms with van der Waals surface area (Å²) in [6.45, 7) is 1.68. The van der Waals surface area contributed by atoms with Gasteiger partial charge in [-0.05, 0) is 42.8 Å². The quantitative estimate of drug-likeness (QED) is 0.719. The van der Waals surface area contributed by atoms with Crippen LogP contribution in [-0.2, 0) is 0 Å². The van der Waals surface area contributed by atoms with Crippen LogP contribution in [0, 0.1) is 24.1 Å². The molecule has 0 aliphatic carbocycles. The van der Waals surface area contributed by atoms with E-state index >= 15 is 0 Å². The Labute approximate surface area is 103 Å². The Bertz CT molecular complexity index is 617. The Kier molecular flexibility index (Phi) is 3.08. The van der Waals surface area contributed by atoms with Gasteiger partial charge in [0.1, 0.15) is 17.0 Å². The third-order valence-corrected chi connectivity index (χ3v) is 2.71. The van der Waals surface area contributed by atoms with Crippen molar-refractivity contribution in [1.29, 1.82) is 5.26 Å². The number of benzene rings is 1. The average molecular weight is 247 g/mol. The highest BCUT2D eigenvalue weighted by Crippen LogP contribution is 2.23. The number of aryl methyl sites for hydroxylation is 1. The van der Waals surface area contributed by atoms with Crippen LogP contribution in [0.5, 0.6) is 0 Å². The lowest BCUT2D eigenvalue weighted by Gasteiger charge is -2.04. The van der Waals surface area contributed by atoms with E-state index in [1.54, 1.807) is 31.2 Å². The molecule has 0 N–H and O–H groups in total. The maximum atomic E-state index is 13.1. The van der Waals surface area contributed by atoms with Crippen LogP contribution in [0.2, 0.25) is 5.15 Å². The molecule has 0 unspecified atom stereocenters. The zero-order valence-electron chi connectivity index (χ0n) is 9.04. The molecule has 4 heteroatoms. The van der Waals surface area contributed by atoms with Crippen LogP contribution >= 0.6 is 11.6 Å². The third kappa shape index (κ3) is 2.27. The van der Waals surface area contributed by atoms with Gasteiger partial charge in [-0.1, -0.05) is 11.6 Å². The minimum Gasteiger partial charge on any atom is -0.235 e. The standard InChI is InChI=1S/C13H8ClFN2/c1-8-6-9(2-4-11(8)15)12-5-3-10(7-16)13(14)17-12/h2-6H,1H3. The molecule has 0 fully saturated rings. The van der Waals surface area contributed by atoms with E-state index in [0.717, 1.165) is 5.56 Å². The molecule has 0 saturated carbocycles. The monoisotopic (exact) mass is 246 g/mol. The van der Waals surface area contributed by atoms with Crippen molar-refractivity contribution >= 4 is 11.6 Å². The lowest BCUT2D eigenvalue weighted by molar-refractivity contribution is 0.619. The van der Waals surface area contributed by atoms with Gasteiger partial charge in [-0.2, -0.15) is 5.26 Å². The summed E-state index contributed by atoms with van der Waals surface area (Å²) in [4.78, 5) is 4.11. The summed E-state index contributed by atoms with van der Waals surface area (Å²) in [6, 6.07) is 9.95. The minimum atomic E-state index is -0.256. The predicted molar refractivity (Wildman–Crippen MR) is 64.1 cm³/mol. The van der Waals surface area contributed by atoms with Gasteiger partial charge in [0.05, 0.1) is 11.3 Å². The third-order valence-electron chi connectivity index (χ3n) is 2.42. The molecule has 2 aromatic rings. The first-order chi connectivity index (χ1) is 8.11. The largest absolute Gasteiger partial charge is 0.235 e. The first-order valence-corrected chi connectivity index (χ1v) is 5.33. The molecule has 1 aromatic carbocycles. The maximum absolute atomic E-state index is 13.1. The first-order valence-electron chi connectivity index (χ1n) is 4.95. The van der Waals surface area contributed by atoms with Gasteiger partial charge < -0.3 is 0 Å². The second kappa shape index (κ2) is 4.52. The summed E-state index contributed by atoms with van der Waals surface area (Å²) in [5, 5.41) is 8.90. The molecule has 17 heavy (non-hydrogen) atoms. The van der Waals surface area contributed by atoms with E-state index < -0.39 is 0 Å². The van der Waals surface area contributed by atoms with Gasteiger partial charge in [-0.25, -0.2) is 9.37 Å². The number of nitrogens with zero attached hydrogens (tertiary/aromatic N) is 2. The second-order valence-electron chi connectivity index (χ2n) is 3.61. The Hall–Kier alpha value is -1.92. The molecule has 1 heterocycles. The van der Waals surface area contributed by atoms with Crippen LogP contribution < -0.4 is 0 Å². The fourth-order valence-electron chi connectivity index (χ4n) is 1.48. The van der Waals surface area contributed by atoms with E-state index in [1.165, 1.54) is 6.07 Å². The van der Waals surface area contributed by atoms with Gasteiger partial charge in [0.2, 0.25) is 0 Å². The van der Waals surface area contributed by atoms with Crippen molar-refractivity contribution in [3.63, 3.8) is 0 Å². The van der Waals surface area contributed by atoms with Gasteiger partial charge in [0, 0.05) is 5.56 Å². The molecular formula is C13H8ClFN2. The molecule has 0 aliphatic rings. The molecule has 0 spiro atoms. The number of pyridine rings is 1. The van der Waals surface area contributed by atoms with Crippen molar-refractivity contribution in [2.24, 2.45) is 0 Å². The minimum absolute atomic E-state index is 0.159. The summed E-state index contributed by atoms with van der Waals surface area (Å²) < 4.78 is 13.1. The topological polar surface area (TPSA) is 36.7 Å². The van der Waals surface area contributed by atoms with Gasteiger partial charge in [0.25, 0.3) is 0 Å². The van der Waals surface area contributed by atoms with Crippen LogP contribution in [-0.4, -0.2) is 4.98 Å². The van der Waals surface area contributed by atoms with Gasteiger partial charge >= 0.3 is 0 Å². The average Bonchev–Trinajstić information content (AvgIpc) is 2.32. The smallest absolute Gasteiger partial charge is 0.147 e. The van der Waals surface area contributed by atoms with E-state index in [9.17, 15) is 4.39 Å². The van der Waals surface area contributed by atoms with Crippen LogP contribution in [0.15, 0.2) is 30.3 Å². The Balaban J connectivity index is 2.50. The lowest BCUT2D eigenvalue weighted by atomic mass is 10.1. The maximum Gasteiger partial charge on any atom is 0.147 e. The van der Waals surface area contributed by atoms with Gasteiger partial charge in [0.15, 0.2) is 0 Å². The SMILES string of the molecule is Cc1cc(-c2ccc(C#N)c(Cl)n2)ccc1F. The Morgan fingerprint density at radius 3 is 2.65 bits per heavy atom. The highest BCUT2D eigenvalue weighted by atomic mass is 35.5. The molecule has 0 atom stereocenters. The molecule has 0 aliphatic heterocycles. The van der Waals surface area contributed by atoms with Crippen molar-refractivity contribution < 1.29 is 4.39 Å². The van der Waals surface area contributed by atoms with Crippen molar-refractivity contribution in [2.45, 2.75) is 6.92 Å². The summed E-state index contributed by atoms with van der Waals surface area (Å²) >= 11 is 5.84. The van der Waals surface area contributed by atoms with Crippen LogP contribution in [0.1, 0.15) is 11.1 Å². The summed E-state index contributed by atoms with van der Waals surface area (Å²) in [5.74, 6) is -0.256. The molecule has 1 aromatic heterocycles. The fourth-order valence-corrected chi connectivity index (χ4v) is 1.68. The van der Waals surface area contributed by atoms with E-state index in [4.69, 9.17) is 16.9 Å². The number of hydrogen-bond acceptors (Lipinski definition) is 2. The van der Waals surface area contributed by atoms with Crippen molar-refractivity contribution in [2.75, 3.05) is 0 Å². The predicted octanol–water partition coefficient (Wildman–Crippen LogP) is 3.72. The molecule has 0 bridgehead atoms. The molecular weight excluding hydrogens is 239 g/mol. The summed E-state index contributed by atoms with van der Waals surface area (Å²) in [5.41, 5.74) is 2.27. The van der Waals surface area contributed by atoms with E-state index in [1.807, 2.05) is 6.07 Å². The fraction of sp³-hybridized carbons (Fsp3) is 0.0769. The van der Waals surface area contributed by atoms with Crippen molar-refractivity contribution in [1.82, 2.24) is 4.98 Å². The van der Waals surface area contributed by atoms with Crippen molar-refractivity contribution in [3.8, 4) is 17.3 Å². The number of halogens is 2. The molecule has 0 radical (unpaired) electrons. The molecule has 2 rings (SSSR count). The Morgan fingerprint density at radius 1 is 1.29 bits per heavy atom.